The van der Waals surface area contributed by atoms with Crippen LogP contribution in [0.15, 0.2) is 33.9 Å². The van der Waals surface area contributed by atoms with Crippen LogP contribution in [0, 0.1) is 0 Å². The largest absolute Gasteiger partial charge is 0.454 e. The fraction of sp³-hybridized carbons (Fsp3) is 0.312. The number of rotatable bonds is 5. The molecule has 0 radical (unpaired) electrons. The van der Waals surface area contributed by atoms with Gasteiger partial charge in [-0.1, -0.05) is 11.6 Å². The van der Waals surface area contributed by atoms with E-state index in [2.05, 4.69) is 4.99 Å². The van der Waals surface area contributed by atoms with Crippen molar-refractivity contribution >= 4 is 29.4 Å². The van der Waals surface area contributed by atoms with Crippen LogP contribution in [0.4, 0.5) is 0 Å². The van der Waals surface area contributed by atoms with Crippen LogP contribution in [0.3, 0.4) is 0 Å². The lowest BCUT2D eigenvalue weighted by Gasteiger charge is -2.08. The maximum atomic E-state index is 12.2. The Balaban J connectivity index is 1.63. The summed E-state index contributed by atoms with van der Waals surface area (Å²) in [5, 5.41) is 0.475. The Kier molecular flexibility index (Phi) is 4.24. The molecule has 3 rings (SSSR count). The third kappa shape index (κ3) is 3.04. The molecule has 2 aliphatic rings. The first-order valence-corrected chi connectivity index (χ1v) is 7.40. The smallest absolute Gasteiger partial charge is 0.231 e. The van der Waals surface area contributed by atoms with Crippen molar-refractivity contribution in [2.75, 3.05) is 6.79 Å². The van der Waals surface area contributed by atoms with Crippen LogP contribution in [0.25, 0.3) is 0 Å². The summed E-state index contributed by atoms with van der Waals surface area (Å²) in [5.41, 5.74) is 0.788. The van der Waals surface area contributed by atoms with Gasteiger partial charge in [0.1, 0.15) is 5.70 Å². The highest BCUT2D eigenvalue weighted by molar-refractivity contribution is 6.32. The molecule has 114 valence electrons. The number of Topliss-reactive ketones (excluding diaryl/α,β-unsaturated/α-hetero) is 2. The van der Waals surface area contributed by atoms with E-state index >= 15 is 0 Å². The van der Waals surface area contributed by atoms with Gasteiger partial charge in [0.25, 0.3) is 0 Å². The van der Waals surface area contributed by atoms with Gasteiger partial charge < -0.3 is 9.47 Å². The lowest BCUT2D eigenvalue weighted by atomic mass is 10.0. The number of aliphatic imine (C=N–C) groups is 1. The molecule has 0 N–H and O–H groups in total. The molecule has 0 unspecified atom stereocenters. The maximum Gasteiger partial charge on any atom is 0.231 e. The van der Waals surface area contributed by atoms with Gasteiger partial charge in [-0.2, -0.15) is 0 Å². The van der Waals surface area contributed by atoms with Crippen molar-refractivity contribution in [3.8, 4) is 11.5 Å². The van der Waals surface area contributed by atoms with E-state index in [1.165, 1.54) is 0 Å². The number of ketones is 2. The van der Waals surface area contributed by atoms with E-state index in [4.69, 9.17) is 21.1 Å². The number of carbonyl (C=O) groups is 2. The Labute approximate surface area is 132 Å². The zero-order valence-corrected chi connectivity index (χ0v) is 12.6. The minimum atomic E-state index is -0.199. The molecule has 2 heterocycles. The summed E-state index contributed by atoms with van der Waals surface area (Å²) < 4.78 is 10.4. The van der Waals surface area contributed by atoms with Crippen LogP contribution >= 0.6 is 11.6 Å². The van der Waals surface area contributed by atoms with E-state index in [1.807, 2.05) is 0 Å². The summed E-state index contributed by atoms with van der Waals surface area (Å²) in [4.78, 5) is 28.3. The van der Waals surface area contributed by atoms with Gasteiger partial charge in [0.2, 0.25) is 6.79 Å². The quantitative estimate of drug-likeness (QED) is 0.781. The highest BCUT2D eigenvalue weighted by Gasteiger charge is 2.19. The van der Waals surface area contributed by atoms with Gasteiger partial charge in [0.15, 0.2) is 23.1 Å². The molecule has 0 amide bonds. The molecule has 0 aromatic heterocycles. The molecule has 1 aromatic rings. The van der Waals surface area contributed by atoms with Gasteiger partial charge in [0, 0.05) is 29.7 Å². The summed E-state index contributed by atoms with van der Waals surface area (Å²) in [5.74, 6) is 0.860. The Hall–Kier alpha value is -2.14. The molecular weight excluding hydrogens is 306 g/mol. The van der Waals surface area contributed by atoms with Gasteiger partial charge in [-0.15, -0.1) is 0 Å². The number of hydrogen-bond donors (Lipinski definition) is 0. The number of allylic oxidation sites excluding steroid dienone is 2. The molecule has 2 aliphatic heterocycles. The molecule has 0 fully saturated rings. The van der Waals surface area contributed by atoms with Crippen LogP contribution < -0.4 is 9.47 Å². The predicted octanol–water partition coefficient (Wildman–Crippen LogP) is 3.26. The topological polar surface area (TPSA) is 65.0 Å². The third-order valence-corrected chi connectivity index (χ3v) is 3.88. The normalized spacial score (nSPS) is 16.0. The molecule has 0 saturated carbocycles. The molecule has 22 heavy (non-hydrogen) atoms. The SMILES string of the molecule is O=C(CCC(=O)c1ccc2c(c1)OCO2)C1=C(Cl)CCC=N1. The number of nitrogens with zero attached hydrogens (tertiary/aromatic N) is 1. The highest BCUT2D eigenvalue weighted by Crippen LogP contribution is 2.33. The summed E-state index contributed by atoms with van der Waals surface area (Å²) in [6.45, 7) is 0.163. The lowest BCUT2D eigenvalue weighted by Crippen LogP contribution is -2.09. The second-order valence-electron chi connectivity index (χ2n) is 5.02. The molecule has 0 bridgehead atoms. The number of ether oxygens (including phenoxy) is 2. The molecule has 0 atom stereocenters. The van der Waals surface area contributed by atoms with Crippen LogP contribution in [0.1, 0.15) is 36.0 Å². The van der Waals surface area contributed by atoms with Gasteiger partial charge in [-0.3, -0.25) is 14.6 Å². The second kappa shape index (κ2) is 6.32. The summed E-state index contributed by atoms with van der Waals surface area (Å²) in [6.07, 6.45) is 3.25. The van der Waals surface area contributed by atoms with Crippen molar-refractivity contribution in [1.29, 1.82) is 0 Å². The van der Waals surface area contributed by atoms with E-state index < -0.39 is 0 Å². The Bertz CT molecular complexity index is 693. The van der Waals surface area contributed by atoms with Crippen LogP contribution in [0.2, 0.25) is 0 Å². The van der Waals surface area contributed by atoms with Crippen molar-refractivity contribution in [2.45, 2.75) is 25.7 Å². The number of benzene rings is 1. The summed E-state index contributed by atoms with van der Waals surface area (Å²) >= 11 is 6.00. The first-order chi connectivity index (χ1) is 10.6. The molecule has 6 heteroatoms. The zero-order chi connectivity index (χ0) is 15.5. The van der Waals surface area contributed by atoms with Crippen molar-refractivity contribution < 1.29 is 19.1 Å². The van der Waals surface area contributed by atoms with Crippen LogP contribution in [0.5, 0.6) is 11.5 Å². The van der Waals surface area contributed by atoms with E-state index in [-0.39, 0.29) is 36.9 Å². The van der Waals surface area contributed by atoms with E-state index in [0.29, 0.717) is 28.5 Å². The fourth-order valence-corrected chi connectivity index (χ4v) is 2.58. The first kappa shape index (κ1) is 14.8. The zero-order valence-electron chi connectivity index (χ0n) is 11.8. The van der Waals surface area contributed by atoms with Crippen molar-refractivity contribution in [3.63, 3.8) is 0 Å². The lowest BCUT2D eigenvalue weighted by molar-refractivity contribution is -0.115. The second-order valence-corrected chi connectivity index (χ2v) is 5.47. The van der Waals surface area contributed by atoms with E-state index in [0.717, 1.165) is 6.42 Å². The van der Waals surface area contributed by atoms with Gasteiger partial charge >= 0.3 is 0 Å². The Morgan fingerprint density at radius 1 is 1.14 bits per heavy atom. The molecule has 5 nitrogen and oxygen atoms in total. The van der Waals surface area contributed by atoms with Gasteiger partial charge in [-0.05, 0) is 31.0 Å². The Morgan fingerprint density at radius 2 is 1.91 bits per heavy atom. The monoisotopic (exact) mass is 319 g/mol. The Morgan fingerprint density at radius 3 is 2.73 bits per heavy atom. The number of carbonyl (C=O) groups excluding carboxylic acids is 2. The standard InChI is InChI=1S/C16H14ClNO4/c17-11-2-1-7-18-16(11)13(20)5-4-12(19)10-3-6-14-15(8-10)22-9-21-14/h3,6-8H,1-2,4-5,9H2. The van der Waals surface area contributed by atoms with Crippen molar-refractivity contribution in [2.24, 2.45) is 4.99 Å². The van der Waals surface area contributed by atoms with E-state index in [9.17, 15) is 9.59 Å². The predicted molar refractivity (Wildman–Crippen MR) is 81.7 cm³/mol. The van der Waals surface area contributed by atoms with E-state index in [1.54, 1.807) is 24.4 Å². The minimum Gasteiger partial charge on any atom is -0.454 e. The first-order valence-electron chi connectivity index (χ1n) is 7.02. The number of hydrogen-bond acceptors (Lipinski definition) is 5. The highest BCUT2D eigenvalue weighted by atomic mass is 35.5. The van der Waals surface area contributed by atoms with Crippen molar-refractivity contribution in [1.82, 2.24) is 0 Å². The van der Waals surface area contributed by atoms with Gasteiger partial charge in [0.05, 0.1) is 0 Å². The molecular formula is C16H14ClNO4. The molecule has 0 saturated heterocycles. The maximum absolute atomic E-state index is 12.2. The fourth-order valence-electron chi connectivity index (χ4n) is 2.32. The molecule has 1 aromatic carbocycles. The third-order valence-electron chi connectivity index (χ3n) is 3.51. The van der Waals surface area contributed by atoms with Crippen molar-refractivity contribution in [3.05, 3.63) is 34.5 Å². The number of halogens is 1. The van der Waals surface area contributed by atoms with Crippen LogP contribution in [-0.2, 0) is 4.79 Å². The summed E-state index contributed by atoms with van der Waals surface area (Å²) in [7, 11) is 0. The average Bonchev–Trinajstić information content (AvgIpc) is 3.00. The summed E-state index contributed by atoms with van der Waals surface area (Å²) in [6, 6.07) is 5.01. The van der Waals surface area contributed by atoms with Crippen LogP contribution in [-0.4, -0.2) is 24.6 Å². The minimum absolute atomic E-state index is 0.0934. The average molecular weight is 320 g/mol. The van der Waals surface area contributed by atoms with Gasteiger partial charge in [-0.25, -0.2) is 0 Å². The molecule has 0 spiro atoms. The molecule has 0 aliphatic carbocycles. The number of fused-ring (bicyclic) bond motifs is 1.